The van der Waals surface area contributed by atoms with Gasteiger partial charge >= 0.3 is 5.97 Å². The topological polar surface area (TPSA) is 49.3 Å². The van der Waals surface area contributed by atoms with Crippen molar-refractivity contribution in [1.82, 2.24) is 5.32 Å². The number of carboxylic acids is 1. The second-order valence-electron chi connectivity index (χ2n) is 4.72. The van der Waals surface area contributed by atoms with Gasteiger partial charge in [-0.25, -0.2) is 0 Å². The Labute approximate surface area is 99.6 Å². The minimum atomic E-state index is -0.710. The first-order valence-corrected chi connectivity index (χ1v) is 6.53. The molecule has 0 aliphatic rings. The Kier molecular flexibility index (Phi) is 7.39. The Morgan fingerprint density at radius 3 is 2.00 bits per heavy atom. The van der Waals surface area contributed by atoms with Gasteiger partial charge in [-0.2, -0.15) is 0 Å². The van der Waals surface area contributed by atoms with Gasteiger partial charge in [-0.3, -0.25) is 10.1 Å². The number of carboxylic acid groups (broad SMARTS) is 1. The maximum absolute atomic E-state index is 11.5. The highest BCUT2D eigenvalue weighted by molar-refractivity contribution is 5.78. The van der Waals surface area contributed by atoms with Crippen LogP contribution in [-0.2, 0) is 4.79 Å². The number of aliphatic carboxylic acids is 1. The summed E-state index contributed by atoms with van der Waals surface area (Å²) in [6, 6.07) is 0.277. The molecule has 3 nitrogen and oxygen atoms in total. The number of nitrogens with one attached hydrogen (secondary N) is 1. The Morgan fingerprint density at radius 2 is 1.69 bits per heavy atom. The van der Waals surface area contributed by atoms with Crippen molar-refractivity contribution in [3.63, 3.8) is 0 Å². The Morgan fingerprint density at radius 1 is 1.19 bits per heavy atom. The molecular weight excluding hydrogens is 202 g/mol. The molecule has 0 rings (SSSR count). The highest BCUT2D eigenvalue weighted by Gasteiger charge is 2.37. The predicted molar refractivity (Wildman–Crippen MR) is 67.7 cm³/mol. The number of carbonyl (C=O) groups is 1. The lowest BCUT2D eigenvalue weighted by Gasteiger charge is -2.33. The summed E-state index contributed by atoms with van der Waals surface area (Å²) in [5.41, 5.74) is -0.710. The van der Waals surface area contributed by atoms with Crippen LogP contribution in [0.3, 0.4) is 0 Å². The molecule has 0 bridgehead atoms. The second kappa shape index (κ2) is 7.66. The van der Waals surface area contributed by atoms with Gasteiger partial charge in [-0.05, 0) is 26.2 Å². The molecule has 0 aliphatic carbocycles. The van der Waals surface area contributed by atoms with Gasteiger partial charge in [0, 0.05) is 6.04 Å². The van der Waals surface area contributed by atoms with Crippen molar-refractivity contribution in [3.05, 3.63) is 0 Å². The lowest BCUT2D eigenvalue weighted by Crippen LogP contribution is -2.55. The number of hydrogen-bond donors (Lipinski definition) is 2. The van der Waals surface area contributed by atoms with Crippen molar-refractivity contribution in [2.24, 2.45) is 0 Å². The second-order valence-corrected chi connectivity index (χ2v) is 4.72. The zero-order valence-corrected chi connectivity index (χ0v) is 11.2. The monoisotopic (exact) mass is 229 g/mol. The van der Waals surface area contributed by atoms with Crippen molar-refractivity contribution in [2.75, 3.05) is 0 Å². The van der Waals surface area contributed by atoms with E-state index in [2.05, 4.69) is 19.2 Å². The van der Waals surface area contributed by atoms with E-state index in [9.17, 15) is 9.90 Å². The molecule has 0 radical (unpaired) electrons. The minimum absolute atomic E-state index is 0.277. The summed E-state index contributed by atoms with van der Waals surface area (Å²) < 4.78 is 0. The van der Waals surface area contributed by atoms with E-state index in [1.807, 2.05) is 13.8 Å². The fourth-order valence-electron chi connectivity index (χ4n) is 2.38. The van der Waals surface area contributed by atoms with Crippen LogP contribution in [-0.4, -0.2) is 22.7 Å². The standard InChI is InChI=1S/C13H27NO2/c1-5-8-11(4)14-13(9-6-2,10-7-3)12(15)16/h11,14H,5-10H2,1-4H3,(H,15,16). The van der Waals surface area contributed by atoms with Crippen LogP contribution < -0.4 is 5.32 Å². The van der Waals surface area contributed by atoms with Crippen LogP contribution in [0, 0.1) is 0 Å². The van der Waals surface area contributed by atoms with E-state index in [4.69, 9.17) is 0 Å². The summed E-state index contributed by atoms with van der Waals surface area (Å²) in [4.78, 5) is 11.5. The molecule has 0 aromatic rings. The van der Waals surface area contributed by atoms with Gasteiger partial charge < -0.3 is 5.11 Å². The molecule has 1 unspecified atom stereocenters. The third-order valence-electron chi connectivity index (χ3n) is 3.01. The van der Waals surface area contributed by atoms with Gasteiger partial charge in [0.2, 0.25) is 0 Å². The van der Waals surface area contributed by atoms with Gasteiger partial charge in [0.1, 0.15) is 5.54 Å². The predicted octanol–water partition coefficient (Wildman–Crippen LogP) is 3.19. The zero-order valence-electron chi connectivity index (χ0n) is 11.2. The summed E-state index contributed by atoms with van der Waals surface area (Å²) in [7, 11) is 0. The molecule has 0 amide bonds. The molecule has 0 aromatic carbocycles. The third kappa shape index (κ3) is 4.52. The van der Waals surface area contributed by atoms with E-state index in [-0.39, 0.29) is 6.04 Å². The van der Waals surface area contributed by atoms with Crippen LogP contribution in [0.15, 0.2) is 0 Å². The molecule has 0 heterocycles. The third-order valence-corrected chi connectivity index (χ3v) is 3.01. The summed E-state index contributed by atoms with van der Waals surface area (Å²) in [6.45, 7) is 8.28. The van der Waals surface area contributed by atoms with Crippen LogP contribution >= 0.6 is 0 Å². The van der Waals surface area contributed by atoms with Crippen molar-refractivity contribution >= 4 is 5.97 Å². The van der Waals surface area contributed by atoms with Crippen molar-refractivity contribution in [2.45, 2.75) is 77.8 Å². The fourth-order valence-corrected chi connectivity index (χ4v) is 2.38. The molecule has 0 fully saturated rings. The summed E-state index contributed by atoms with van der Waals surface area (Å²) >= 11 is 0. The van der Waals surface area contributed by atoms with E-state index in [1.165, 1.54) is 0 Å². The van der Waals surface area contributed by atoms with E-state index >= 15 is 0 Å². The average Bonchev–Trinajstić information content (AvgIpc) is 2.18. The van der Waals surface area contributed by atoms with Crippen molar-refractivity contribution in [1.29, 1.82) is 0 Å². The molecule has 1 atom stereocenters. The molecule has 0 aliphatic heterocycles. The molecule has 0 aromatic heterocycles. The zero-order chi connectivity index (χ0) is 12.6. The Balaban J connectivity index is 4.66. The molecule has 16 heavy (non-hydrogen) atoms. The molecule has 0 saturated carbocycles. The molecule has 2 N–H and O–H groups in total. The maximum Gasteiger partial charge on any atom is 0.323 e. The largest absolute Gasteiger partial charge is 0.480 e. The number of hydrogen-bond acceptors (Lipinski definition) is 2. The van der Waals surface area contributed by atoms with E-state index in [0.717, 1.165) is 25.7 Å². The SMILES string of the molecule is CCCC(C)NC(CCC)(CCC)C(=O)O. The highest BCUT2D eigenvalue weighted by atomic mass is 16.4. The van der Waals surface area contributed by atoms with Gasteiger partial charge in [0.05, 0.1) is 0 Å². The first-order chi connectivity index (χ1) is 7.52. The first kappa shape index (κ1) is 15.4. The maximum atomic E-state index is 11.5. The van der Waals surface area contributed by atoms with Crippen molar-refractivity contribution < 1.29 is 9.90 Å². The minimum Gasteiger partial charge on any atom is -0.480 e. The lowest BCUT2D eigenvalue weighted by molar-refractivity contribution is -0.146. The summed E-state index contributed by atoms with van der Waals surface area (Å²) in [5, 5.41) is 12.8. The smallest absolute Gasteiger partial charge is 0.323 e. The van der Waals surface area contributed by atoms with E-state index < -0.39 is 11.5 Å². The molecular formula is C13H27NO2. The molecule has 3 heteroatoms. The van der Waals surface area contributed by atoms with Crippen LogP contribution in [0.2, 0.25) is 0 Å². The van der Waals surface area contributed by atoms with Gasteiger partial charge in [0.15, 0.2) is 0 Å². The molecule has 0 saturated heterocycles. The highest BCUT2D eigenvalue weighted by Crippen LogP contribution is 2.21. The summed E-state index contributed by atoms with van der Waals surface area (Å²) in [6.07, 6.45) is 5.34. The van der Waals surface area contributed by atoms with Crippen LogP contribution in [0.25, 0.3) is 0 Å². The van der Waals surface area contributed by atoms with Gasteiger partial charge in [-0.15, -0.1) is 0 Å². The van der Waals surface area contributed by atoms with Gasteiger partial charge in [0.25, 0.3) is 0 Å². The molecule has 0 spiro atoms. The van der Waals surface area contributed by atoms with E-state index in [0.29, 0.717) is 12.8 Å². The quantitative estimate of drug-likeness (QED) is 0.638. The Hall–Kier alpha value is -0.570. The van der Waals surface area contributed by atoms with Gasteiger partial charge in [-0.1, -0.05) is 40.0 Å². The molecule has 96 valence electrons. The van der Waals surface area contributed by atoms with Crippen LogP contribution in [0.5, 0.6) is 0 Å². The summed E-state index contributed by atoms with van der Waals surface area (Å²) in [5.74, 6) is -0.695. The van der Waals surface area contributed by atoms with Crippen LogP contribution in [0.1, 0.15) is 66.2 Å². The Bertz CT molecular complexity index is 198. The first-order valence-electron chi connectivity index (χ1n) is 6.53. The van der Waals surface area contributed by atoms with E-state index in [1.54, 1.807) is 0 Å². The van der Waals surface area contributed by atoms with Crippen molar-refractivity contribution in [3.8, 4) is 0 Å². The lowest BCUT2D eigenvalue weighted by atomic mass is 9.87. The number of rotatable bonds is 9. The average molecular weight is 229 g/mol. The van der Waals surface area contributed by atoms with Crippen LogP contribution in [0.4, 0.5) is 0 Å². The fraction of sp³-hybridized carbons (Fsp3) is 0.923. The normalized spacial score (nSPS) is 13.8.